The van der Waals surface area contributed by atoms with Gasteiger partial charge < -0.3 is 10.0 Å². The maximum absolute atomic E-state index is 9.56. The second kappa shape index (κ2) is 5.41. The van der Waals surface area contributed by atoms with Crippen molar-refractivity contribution in [1.82, 2.24) is 15.0 Å². The number of aryl methyl sites for hydroxylation is 1. The Labute approximate surface area is 146 Å². The fraction of sp³-hybridized carbons (Fsp3) is 0.350. The van der Waals surface area contributed by atoms with E-state index >= 15 is 0 Å². The van der Waals surface area contributed by atoms with Crippen molar-refractivity contribution in [3.63, 3.8) is 0 Å². The average molecular weight is 332 g/mol. The minimum absolute atomic E-state index is 0.0530. The molecule has 0 spiro atoms. The van der Waals surface area contributed by atoms with Gasteiger partial charge in [0.1, 0.15) is 0 Å². The number of rotatable bonds is 2. The summed E-state index contributed by atoms with van der Waals surface area (Å²) < 4.78 is 0. The smallest absolute Gasteiger partial charge is 0.226 e. The molecule has 0 amide bonds. The first-order valence-corrected chi connectivity index (χ1v) is 8.95. The van der Waals surface area contributed by atoms with Gasteiger partial charge in [-0.1, -0.05) is 6.07 Å². The molecule has 126 valence electrons. The molecule has 5 nitrogen and oxygen atoms in total. The highest BCUT2D eigenvalue weighted by atomic mass is 16.3. The fourth-order valence-electron chi connectivity index (χ4n) is 3.86. The molecule has 1 N–H and O–H groups in total. The van der Waals surface area contributed by atoms with Crippen LogP contribution in [0.25, 0.3) is 22.2 Å². The third kappa shape index (κ3) is 2.34. The van der Waals surface area contributed by atoms with Crippen molar-refractivity contribution in [3.05, 3.63) is 41.6 Å². The minimum atomic E-state index is 0.0530. The molecule has 3 aromatic rings. The quantitative estimate of drug-likeness (QED) is 0.778. The predicted octanol–water partition coefficient (Wildman–Crippen LogP) is 3.48. The van der Waals surface area contributed by atoms with Crippen molar-refractivity contribution in [2.24, 2.45) is 0 Å². The maximum Gasteiger partial charge on any atom is 0.226 e. The molecule has 0 radical (unpaired) electrons. The van der Waals surface area contributed by atoms with Crippen LogP contribution in [0.1, 0.15) is 31.0 Å². The molecule has 1 aliphatic heterocycles. The van der Waals surface area contributed by atoms with Gasteiger partial charge in [0.05, 0.1) is 11.2 Å². The molecular weight excluding hydrogens is 312 g/mol. The van der Waals surface area contributed by atoms with Gasteiger partial charge in [0.25, 0.3) is 0 Å². The normalized spacial score (nSPS) is 19.1. The molecule has 1 saturated heterocycles. The van der Waals surface area contributed by atoms with Gasteiger partial charge in [-0.25, -0.2) is 15.0 Å². The van der Waals surface area contributed by atoms with Crippen LogP contribution in [0.2, 0.25) is 0 Å². The van der Waals surface area contributed by atoms with Gasteiger partial charge in [0.15, 0.2) is 0 Å². The first-order chi connectivity index (χ1) is 12.2. The van der Waals surface area contributed by atoms with E-state index in [9.17, 15) is 5.11 Å². The lowest BCUT2D eigenvalue weighted by Crippen LogP contribution is -2.46. The first kappa shape index (κ1) is 14.6. The van der Waals surface area contributed by atoms with Gasteiger partial charge in [-0.05, 0) is 50.8 Å². The van der Waals surface area contributed by atoms with Crippen molar-refractivity contribution in [2.45, 2.75) is 38.6 Å². The zero-order valence-corrected chi connectivity index (χ0v) is 14.2. The van der Waals surface area contributed by atoms with Crippen molar-refractivity contribution in [2.75, 3.05) is 11.4 Å². The van der Waals surface area contributed by atoms with Crippen LogP contribution in [0.5, 0.6) is 5.88 Å². The molecule has 1 atom stereocenters. The van der Waals surface area contributed by atoms with E-state index in [0.717, 1.165) is 53.9 Å². The van der Waals surface area contributed by atoms with Crippen LogP contribution in [-0.2, 0) is 12.8 Å². The summed E-state index contributed by atoms with van der Waals surface area (Å²) in [6.45, 7) is 3.27. The Hall–Kier alpha value is -2.69. The molecule has 2 aliphatic rings. The van der Waals surface area contributed by atoms with E-state index in [1.165, 1.54) is 17.7 Å². The van der Waals surface area contributed by atoms with Crippen molar-refractivity contribution in [3.8, 4) is 17.1 Å². The molecule has 0 unspecified atom stereocenters. The number of benzene rings is 1. The number of fused-ring (bicyclic) bond motifs is 2. The summed E-state index contributed by atoms with van der Waals surface area (Å²) in [5.74, 6) is 0.926. The second-order valence-corrected chi connectivity index (χ2v) is 7.06. The van der Waals surface area contributed by atoms with Crippen molar-refractivity contribution >= 4 is 16.9 Å². The Kier molecular flexibility index (Phi) is 3.17. The Morgan fingerprint density at radius 2 is 2.00 bits per heavy atom. The molecule has 0 saturated carbocycles. The Bertz CT molecular complexity index is 985. The van der Waals surface area contributed by atoms with Gasteiger partial charge in [0, 0.05) is 40.9 Å². The summed E-state index contributed by atoms with van der Waals surface area (Å²) in [6, 6.07) is 10.2. The van der Waals surface area contributed by atoms with E-state index < -0.39 is 0 Å². The van der Waals surface area contributed by atoms with E-state index in [2.05, 4.69) is 28.9 Å². The summed E-state index contributed by atoms with van der Waals surface area (Å²) in [5, 5.41) is 10.6. The molecule has 0 bridgehead atoms. The molecule has 5 rings (SSSR count). The molecule has 25 heavy (non-hydrogen) atoms. The number of aromatic nitrogens is 3. The monoisotopic (exact) mass is 332 g/mol. The van der Waals surface area contributed by atoms with Crippen LogP contribution < -0.4 is 4.90 Å². The summed E-state index contributed by atoms with van der Waals surface area (Å²) in [5.41, 5.74) is 5.47. The second-order valence-electron chi connectivity index (χ2n) is 7.06. The van der Waals surface area contributed by atoms with E-state index in [1.54, 1.807) is 6.07 Å². The van der Waals surface area contributed by atoms with Gasteiger partial charge >= 0.3 is 0 Å². The zero-order valence-electron chi connectivity index (χ0n) is 14.2. The van der Waals surface area contributed by atoms with E-state index in [0.29, 0.717) is 6.04 Å². The lowest BCUT2D eigenvalue weighted by Gasteiger charge is -2.39. The third-order valence-electron chi connectivity index (χ3n) is 5.45. The molecule has 1 aliphatic carbocycles. The Morgan fingerprint density at radius 3 is 2.80 bits per heavy atom. The summed E-state index contributed by atoms with van der Waals surface area (Å²) in [7, 11) is 0. The topological polar surface area (TPSA) is 62.1 Å². The molecular formula is C20H20N4O. The number of aromatic hydroxyl groups is 1. The summed E-state index contributed by atoms with van der Waals surface area (Å²) in [4.78, 5) is 16.3. The highest BCUT2D eigenvalue weighted by Crippen LogP contribution is 2.35. The number of hydrogen-bond acceptors (Lipinski definition) is 5. The summed E-state index contributed by atoms with van der Waals surface area (Å²) in [6.07, 6.45) is 4.45. The Balaban J connectivity index is 1.66. The van der Waals surface area contributed by atoms with Crippen LogP contribution in [-0.4, -0.2) is 32.6 Å². The fourth-order valence-corrected chi connectivity index (χ4v) is 3.86. The number of pyridine rings is 1. The van der Waals surface area contributed by atoms with E-state index in [4.69, 9.17) is 9.97 Å². The van der Waals surface area contributed by atoms with Gasteiger partial charge in [-0.2, -0.15) is 0 Å². The lowest BCUT2D eigenvalue weighted by atomic mass is 10.0. The average Bonchev–Trinajstić information content (AvgIpc) is 3.08. The van der Waals surface area contributed by atoms with Gasteiger partial charge in [0.2, 0.25) is 11.8 Å². The standard InChI is InChI=1S/C20H20N4O/c1-12-9-10-24(12)20-22-17-4-2-3-15(17)19(23-20)14-5-7-16-13(11-14)6-8-18(25)21-16/h5-8,11-12H,2-4,9-10H2,1H3,(H,21,25)/t12-/m0/s1. The molecule has 1 aromatic carbocycles. The SMILES string of the molecule is C[C@H]1CCN1c1nc2c(c(-c3ccc4nc(O)ccc4c3)n1)CCC2. The third-order valence-corrected chi connectivity index (χ3v) is 5.45. The van der Waals surface area contributed by atoms with E-state index in [1.807, 2.05) is 12.1 Å². The minimum Gasteiger partial charge on any atom is -0.493 e. The number of anilines is 1. The highest BCUT2D eigenvalue weighted by molar-refractivity contribution is 5.85. The largest absolute Gasteiger partial charge is 0.493 e. The van der Waals surface area contributed by atoms with Crippen LogP contribution in [0.4, 0.5) is 5.95 Å². The maximum atomic E-state index is 9.56. The van der Waals surface area contributed by atoms with Crippen molar-refractivity contribution < 1.29 is 5.11 Å². The number of hydrogen-bond donors (Lipinski definition) is 1. The molecule has 5 heteroatoms. The van der Waals surface area contributed by atoms with E-state index in [-0.39, 0.29) is 5.88 Å². The molecule has 3 heterocycles. The van der Waals surface area contributed by atoms with Crippen LogP contribution >= 0.6 is 0 Å². The number of nitrogens with zero attached hydrogens (tertiary/aromatic N) is 4. The van der Waals surface area contributed by atoms with Crippen LogP contribution in [0.3, 0.4) is 0 Å². The molecule has 1 fully saturated rings. The van der Waals surface area contributed by atoms with Crippen LogP contribution in [0.15, 0.2) is 30.3 Å². The van der Waals surface area contributed by atoms with Gasteiger partial charge in [-0.3, -0.25) is 0 Å². The summed E-state index contributed by atoms with van der Waals surface area (Å²) >= 11 is 0. The Morgan fingerprint density at radius 1 is 1.08 bits per heavy atom. The first-order valence-electron chi connectivity index (χ1n) is 8.95. The van der Waals surface area contributed by atoms with Gasteiger partial charge in [-0.15, -0.1) is 0 Å². The lowest BCUT2D eigenvalue weighted by molar-refractivity contribution is 0.456. The molecule has 2 aromatic heterocycles. The van der Waals surface area contributed by atoms with Crippen molar-refractivity contribution in [1.29, 1.82) is 0 Å². The predicted molar refractivity (Wildman–Crippen MR) is 97.9 cm³/mol. The zero-order chi connectivity index (χ0) is 17.0. The highest BCUT2D eigenvalue weighted by Gasteiger charge is 2.29. The van der Waals surface area contributed by atoms with Crippen LogP contribution in [0, 0.1) is 0 Å².